The van der Waals surface area contributed by atoms with Crippen LogP contribution >= 0.6 is 0 Å². The fraction of sp³-hybridized carbons (Fsp3) is 0.923. The van der Waals surface area contributed by atoms with Crippen LogP contribution in [0.2, 0.25) is 0 Å². The molecule has 0 bridgehead atoms. The Hall–Kier alpha value is -0.610. The Morgan fingerprint density at radius 2 is 2.18 bits per heavy atom. The fourth-order valence-electron chi connectivity index (χ4n) is 2.91. The SMILES string of the molecule is CCC(C)(N)C(=O)NC1CCN2CCCCC12. The lowest BCUT2D eigenvalue weighted by Gasteiger charge is -2.34. The first-order valence-electron chi connectivity index (χ1n) is 6.88. The van der Waals surface area contributed by atoms with Crippen LogP contribution < -0.4 is 11.1 Å². The number of nitrogens with zero attached hydrogens (tertiary/aromatic N) is 1. The highest BCUT2D eigenvalue weighted by atomic mass is 16.2. The van der Waals surface area contributed by atoms with Gasteiger partial charge in [-0.2, -0.15) is 0 Å². The van der Waals surface area contributed by atoms with Gasteiger partial charge in [-0.05, 0) is 39.2 Å². The minimum Gasteiger partial charge on any atom is -0.350 e. The number of amides is 1. The van der Waals surface area contributed by atoms with Crippen molar-refractivity contribution in [3.8, 4) is 0 Å². The van der Waals surface area contributed by atoms with Crippen molar-refractivity contribution in [3.05, 3.63) is 0 Å². The number of hydrogen-bond acceptors (Lipinski definition) is 3. The topological polar surface area (TPSA) is 58.4 Å². The van der Waals surface area contributed by atoms with Gasteiger partial charge in [0.1, 0.15) is 0 Å². The summed E-state index contributed by atoms with van der Waals surface area (Å²) in [6.45, 7) is 6.10. The van der Waals surface area contributed by atoms with Crippen molar-refractivity contribution in [2.24, 2.45) is 5.73 Å². The van der Waals surface area contributed by atoms with Crippen LogP contribution in [0.5, 0.6) is 0 Å². The predicted octanol–water partition coefficient (Wildman–Crippen LogP) is 0.857. The lowest BCUT2D eigenvalue weighted by molar-refractivity contribution is -0.126. The Kier molecular flexibility index (Phi) is 3.73. The summed E-state index contributed by atoms with van der Waals surface area (Å²) < 4.78 is 0. The molecule has 4 heteroatoms. The molecule has 98 valence electrons. The average molecular weight is 239 g/mol. The van der Waals surface area contributed by atoms with Gasteiger partial charge in [-0.25, -0.2) is 0 Å². The average Bonchev–Trinajstić information content (AvgIpc) is 2.73. The first-order chi connectivity index (χ1) is 8.04. The number of fused-ring (bicyclic) bond motifs is 1. The summed E-state index contributed by atoms with van der Waals surface area (Å²) in [5.74, 6) is 0.0115. The van der Waals surface area contributed by atoms with Gasteiger partial charge < -0.3 is 11.1 Å². The van der Waals surface area contributed by atoms with E-state index in [0.29, 0.717) is 18.5 Å². The molecule has 0 spiro atoms. The first kappa shape index (κ1) is 12.8. The highest BCUT2D eigenvalue weighted by Gasteiger charge is 2.38. The minimum atomic E-state index is -0.720. The zero-order valence-corrected chi connectivity index (χ0v) is 11.0. The third-order valence-corrected chi connectivity index (χ3v) is 4.43. The van der Waals surface area contributed by atoms with Gasteiger partial charge in [-0.15, -0.1) is 0 Å². The molecule has 2 rings (SSSR count). The van der Waals surface area contributed by atoms with Crippen LogP contribution in [0.25, 0.3) is 0 Å². The molecule has 4 nitrogen and oxygen atoms in total. The fourth-order valence-corrected chi connectivity index (χ4v) is 2.91. The molecule has 3 unspecified atom stereocenters. The Morgan fingerprint density at radius 1 is 1.41 bits per heavy atom. The zero-order chi connectivity index (χ0) is 12.5. The predicted molar refractivity (Wildman–Crippen MR) is 68.6 cm³/mol. The molecule has 0 aromatic heterocycles. The molecule has 3 N–H and O–H groups in total. The van der Waals surface area contributed by atoms with Gasteiger partial charge >= 0.3 is 0 Å². The molecule has 0 radical (unpaired) electrons. The third-order valence-electron chi connectivity index (χ3n) is 4.43. The summed E-state index contributed by atoms with van der Waals surface area (Å²) in [7, 11) is 0. The standard InChI is InChI=1S/C13H25N3O/c1-3-13(2,14)12(17)15-10-7-9-16-8-5-4-6-11(10)16/h10-11H,3-9,14H2,1-2H3,(H,15,17). The summed E-state index contributed by atoms with van der Waals surface area (Å²) in [5, 5.41) is 3.16. The summed E-state index contributed by atoms with van der Waals surface area (Å²) >= 11 is 0. The van der Waals surface area contributed by atoms with Crippen molar-refractivity contribution in [1.82, 2.24) is 10.2 Å². The van der Waals surface area contributed by atoms with Gasteiger partial charge in [0.25, 0.3) is 0 Å². The number of hydrogen-bond donors (Lipinski definition) is 2. The molecule has 2 saturated heterocycles. The van der Waals surface area contributed by atoms with Gasteiger partial charge in [0.2, 0.25) is 5.91 Å². The Balaban J connectivity index is 1.93. The van der Waals surface area contributed by atoms with E-state index in [1.54, 1.807) is 0 Å². The van der Waals surface area contributed by atoms with Gasteiger partial charge in [0, 0.05) is 18.6 Å². The number of carbonyl (C=O) groups is 1. The van der Waals surface area contributed by atoms with Crippen LogP contribution in [0, 0.1) is 0 Å². The number of nitrogens with two attached hydrogens (primary N) is 1. The largest absolute Gasteiger partial charge is 0.350 e. The summed E-state index contributed by atoms with van der Waals surface area (Å²) in [4.78, 5) is 14.6. The second-order valence-corrected chi connectivity index (χ2v) is 5.74. The highest BCUT2D eigenvalue weighted by Crippen LogP contribution is 2.27. The molecule has 3 atom stereocenters. The molecular formula is C13H25N3O. The quantitative estimate of drug-likeness (QED) is 0.768. The molecule has 0 saturated carbocycles. The maximum Gasteiger partial charge on any atom is 0.240 e. The monoisotopic (exact) mass is 239 g/mol. The van der Waals surface area contributed by atoms with Crippen molar-refractivity contribution in [3.63, 3.8) is 0 Å². The van der Waals surface area contributed by atoms with E-state index in [4.69, 9.17) is 5.73 Å². The maximum absolute atomic E-state index is 12.1. The van der Waals surface area contributed by atoms with Gasteiger partial charge in [-0.1, -0.05) is 13.3 Å². The molecule has 0 aromatic rings. The number of carbonyl (C=O) groups excluding carboxylic acids is 1. The number of piperidine rings is 1. The van der Waals surface area contributed by atoms with Gasteiger partial charge in [-0.3, -0.25) is 9.69 Å². The molecule has 2 heterocycles. The van der Waals surface area contributed by atoms with E-state index < -0.39 is 5.54 Å². The lowest BCUT2D eigenvalue weighted by Crippen LogP contribution is -2.56. The smallest absolute Gasteiger partial charge is 0.240 e. The molecular weight excluding hydrogens is 214 g/mol. The van der Waals surface area contributed by atoms with Gasteiger partial charge in [0.05, 0.1) is 5.54 Å². The minimum absolute atomic E-state index is 0.0115. The van der Waals surface area contributed by atoms with Crippen molar-refractivity contribution in [2.45, 2.75) is 63.6 Å². The van der Waals surface area contributed by atoms with Crippen LogP contribution in [0.3, 0.4) is 0 Å². The molecule has 2 aliphatic heterocycles. The van der Waals surface area contributed by atoms with E-state index in [2.05, 4.69) is 10.2 Å². The Morgan fingerprint density at radius 3 is 2.88 bits per heavy atom. The molecule has 2 fully saturated rings. The molecule has 0 aliphatic carbocycles. The van der Waals surface area contributed by atoms with E-state index in [1.165, 1.54) is 25.8 Å². The van der Waals surface area contributed by atoms with E-state index in [1.807, 2.05) is 13.8 Å². The summed E-state index contributed by atoms with van der Waals surface area (Å²) in [6, 6.07) is 0.873. The summed E-state index contributed by atoms with van der Waals surface area (Å²) in [5.41, 5.74) is 5.26. The summed E-state index contributed by atoms with van der Waals surface area (Å²) in [6.07, 6.45) is 5.58. The van der Waals surface area contributed by atoms with Crippen molar-refractivity contribution in [1.29, 1.82) is 0 Å². The maximum atomic E-state index is 12.1. The molecule has 1 amide bonds. The van der Waals surface area contributed by atoms with E-state index in [0.717, 1.165) is 13.0 Å². The van der Waals surface area contributed by atoms with Crippen molar-refractivity contribution in [2.75, 3.05) is 13.1 Å². The second kappa shape index (κ2) is 4.94. The number of rotatable bonds is 3. The van der Waals surface area contributed by atoms with E-state index in [-0.39, 0.29) is 5.91 Å². The molecule has 2 aliphatic rings. The van der Waals surface area contributed by atoms with Crippen LogP contribution in [0.1, 0.15) is 46.0 Å². The third kappa shape index (κ3) is 2.63. The molecule has 0 aromatic carbocycles. The van der Waals surface area contributed by atoms with Crippen LogP contribution in [0.4, 0.5) is 0 Å². The number of nitrogens with one attached hydrogen (secondary N) is 1. The normalized spacial score (nSPS) is 32.9. The van der Waals surface area contributed by atoms with E-state index >= 15 is 0 Å². The van der Waals surface area contributed by atoms with Crippen molar-refractivity contribution >= 4 is 5.91 Å². The zero-order valence-electron chi connectivity index (χ0n) is 11.0. The van der Waals surface area contributed by atoms with Crippen LogP contribution in [-0.4, -0.2) is 41.5 Å². The Labute approximate surface area is 104 Å². The molecule has 17 heavy (non-hydrogen) atoms. The first-order valence-corrected chi connectivity index (χ1v) is 6.88. The van der Waals surface area contributed by atoms with Gasteiger partial charge in [0.15, 0.2) is 0 Å². The van der Waals surface area contributed by atoms with Crippen LogP contribution in [0.15, 0.2) is 0 Å². The lowest BCUT2D eigenvalue weighted by atomic mass is 9.95. The second-order valence-electron chi connectivity index (χ2n) is 5.74. The van der Waals surface area contributed by atoms with E-state index in [9.17, 15) is 4.79 Å². The van der Waals surface area contributed by atoms with Crippen molar-refractivity contribution < 1.29 is 4.79 Å². The highest BCUT2D eigenvalue weighted by molar-refractivity contribution is 5.85. The Bertz CT molecular complexity index is 290. The van der Waals surface area contributed by atoms with Crippen LogP contribution in [-0.2, 0) is 4.79 Å².